The van der Waals surface area contributed by atoms with Gasteiger partial charge in [-0.1, -0.05) is 77.0 Å². The lowest BCUT2D eigenvalue weighted by molar-refractivity contribution is -0.138. The molecule has 0 radical (unpaired) electrons. The van der Waals surface area contributed by atoms with Gasteiger partial charge in [0.1, 0.15) is 5.76 Å². The van der Waals surface area contributed by atoms with E-state index in [1.54, 1.807) is 13.0 Å². The average Bonchev–Trinajstić information content (AvgIpc) is 2.84. The zero-order chi connectivity index (χ0) is 19.6. The summed E-state index contributed by atoms with van der Waals surface area (Å²) in [5.74, 6) is 0.166. The van der Waals surface area contributed by atoms with Crippen molar-refractivity contribution in [1.82, 2.24) is 0 Å². The largest absolute Gasteiger partial charge is 0.480 e. The van der Waals surface area contributed by atoms with Crippen LogP contribution in [0, 0.1) is 0 Å². The molecule has 1 rings (SSSR count). The number of carbonyl (C=O) groups excluding carboxylic acids is 2. The summed E-state index contributed by atoms with van der Waals surface area (Å²) in [6.45, 7) is 8.14. The summed E-state index contributed by atoms with van der Waals surface area (Å²) in [5, 5.41) is 0.00821. The molecule has 0 saturated carbocycles. The van der Waals surface area contributed by atoms with Gasteiger partial charge < -0.3 is 10.5 Å². The third kappa shape index (κ3) is 6.98. The smallest absolute Gasteiger partial charge is 0.261 e. The Morgan fingerprint density at radius 1 is 1.12 bits per heavy atom. The Balaban J connectivity index is 2.69. The van der Waals surface area contributed by atoms with Crippen LogP contribution in [0.1, 0.15) is 98.3 Å². The molecule has 26 heavy (non-hydrogen) atoms. The number of primary amides is 1. The zero-order valence-corrected chi connectivity index (χ0v) is 17.9. The fraction of sp³-hybridized carbons (Fsp3) is 0.810. The van der Waals surface area contributed by atoms with Gasteiger partial charge in [0.2, 0.25) is 5.12 Å². The van der Waals surface area contributed by atoms with Gasteiger partial charge in [0.15, 0.2) is 5.60 Å². The summed E-state index contributed by atoms with van der Waals surface area (Å²) in [6.07, 6.45) is 13.3. The molecule has 0 spiro atoms. The number of hydrogen-bond donors (Lipinski definition) is 1. The van der Waals surface area contributed by atoms with Crippen LogP contribution in [0.5, 0.6) is 0 Å². The van der Waals surface area contributed by atoms with Crippen molar-refractivity contribution < 1.29 is 14.3 Å². The van der Waals surface area contributed by atoms with Crippen molar-refractivity contribution in [2.45, 2.75) is 109 Å². The van der Waals surface area contributed by atoms with Crippen LogP contribution in [0.3, 0.4) is 0 Å². The van der Waals surface area contributed by atoms with Gasteiger partial charge in [0.25, 0.3) is 5.91 Å². The van der Waals surface area contributed by atoms with E-state index in [1.165, 1.54) is 43.9 Å². The predicted molar refractivity (Wildman–Crippen MR) is 110 cm³/mol. The lowest BCUT2D eigenvalue weighted by Gasteiger charge is -2.34. The topological polar surface area (TPSA) is 69.4 Å². The summed E-state index contributed by atoms with van der Waals surface area (Å²) in [7, 11) is 0. The van der Waals surface area contributed by atoms with Crippen molar-refractivity contribution in [2.24, 2.45) is 5.73 Å². The van der Waals surface area contributed by atoms with Gasteiger partial charge in [0.05, 0.1) is 4.75 Å². The summed E-state index contributed by atoms with van der Waals surface area (Å²) in [6, 6.07) is 0. The second kappa shape index (κ2) is 11.0. The average molecular weight is 384 g/mol. The second-order valence-electron chi connectivity index (χ2n) is 7.83. The monoisotopic (exact) mass is 383 g/mol. The minimum absolute atomic E-state index is 0.00821. The van der Waals surface area contributed by atoms with Crippen molar-refractivity contribution >= 4 is 22.8 Å². The molecule has 2 N–H and O–H groups in total. The zero-order valence-electron chi connectivity index (χ0n) is 17.1. The fourth-order valence-corrected chi connectivity index (χ4v) is 4.35. The van der Waals surface area contributed by atoms with Crippen LogP contribution in [0.15, 0.2) is 11.8 Å². The number of rotatable bonds is 14. The first kappa shape index (κ1) is 23.1. The SMILES string of the molecule is CCCCCCCCC1(C)SC(=O)C=C1OC(C)(CCCCC)C(N)=O. The Labute approximate surface area is 163 Å². The quantitative estimate of drug-likeness (QED) is 0.402. The van der Waals surface area contributed by atoms with Crippen molar-refractivity contribution in [3.05, 3.63) is 11.8 Å². The van der Waals surface area contributed by atoms with Crippen molar-refractivity contribution in [3.63, 3.8) is 0 Å². The first-order valence-electron chi connectivity index (χ1n) is 10.2. The van der Waals surface area contributed by atoms with E-state index in [4.69, 9.17) is 10.5 Å². The van der Waals surface area contributed by atoms with Gasteiger partial charge >= 0.3 is 0 Å². The van der Waals surface area contributed by atoms with Gasteiger partial charge in [-0.05, 0) is 33.1 Å². The lowest BCUT2D eigenvalue weighted by Crippen LogP contribution is -2.45. The molecule has 1 aliphatic rings. The van der Waals surface area contributed by atoms with Gasteiger partial charge in [-0.25, -0.2) is 0 Å². The Bertz CT molecular complexity index is 505. The van der Waals surface area contributed by atoms with Crippen molar-refractivity contribution in [2.75, 3.05) is 0 Å². The van der Waals surface area contributed by atoms with Crippen LogP contribution >= 0.6 is 11.8 Å². The van der Waals surface area contributed by atoms with E-state index in [-0.39, 0.29) is 9.86 Å². The molecule has 0 aromatic carbocycles. The molecule has 4 nitrogen and oxygen atoms in total. The second-order valence-corrected chi connectivity index (χ2v) is 9.34. The van der Waals surface area contributed by atoms with E-state index in [0.717, 1.165) is 32.1 Å². The minimum atomic E-state index is -1.05. The third-order valence-corrected chi connectivity index (χ3v) is 6.39. The predicted octanol–water partition coefficient (Wildman–Crippen LogP) is 5.49. The Morgan fingerprint density at radius 2 is 1.69 bits per heavy atom. The molecule has 0 aromatic rings. The standard InChI is InChI=1S/C21H37NO3S/c1-5-7-9-10-11-13-15-21(4)17(16-18(23)26-21)25-20(3,19(22)24)14-12-8-6-2/h16H,5-15H2,1-4H3,(H2,22,24). The molecular weight excluding hydrogens is 346 g/mol. The first-order chi connectivity index (χ1) is 12.3. The van der Waals surface area contributed by atoms with Crippen LogP contribution in [-0.4, -0.2) is 21.4 Å². The molecule has 2 unspecified atom stereocenters. The molecule has 1 amide bonds. The molecule has 5 heteroatoms. The first-order valence-corrected chi connectivity index (χ1v) is 11.0. The van der Waals surface area contributed by atoms with E-state index in [9.17, 15) is 9.59 Å². The molecule has 2 atom stereocenters. The van der Waals surface area contributed by atoms with E-state index in [1.807, 2.05) is 6.92 Å². The van der Waals surface area contributed by atoms with Crippen LogP contribution in [-0.2, 0) is 14.3 Å². The maximum absolute atomic E-state index is 12.0. The fourth-order valence-electron chi connectivity index (χ4n) is 3.30. The van der Waals surface area contributed by atoms with E-state index in [2.05, 4.69) is 13.8 Å². The number of hydrogen-bond acceptors (Lipinski definition) is 4. The molecule has 0 aromatic heterocycles. The Morgan fingerprint density at radius 3 is 2.31 bits per heavy atom. The number of carbonyl (C=O) groups is 2. The van der Waals surface area contributed by atoms with Crippen LogP contribution in [0.4, 0.5) is 0 Å². The third-order valence-electron chi connectivity index (χ3n) is 5.22. The van der Waals surface area contributed by atoms with E-state index in [0.29, 0.717) is 12.2 Å². The van der Waals surface area contributed by atoms with Crippen LogP contribution in [0.25, 0.3) is 0 Å². The summed E-state index contributed by atoms with van der Waals surface area (Å²) < 4.78 is 5.75. The highest BCUT2D eigenvalue weighted by Gasteiger charge is 2.44. The Hall–Kier alpha value is -0.970. The number of amides is 1. The van der Waals surface area contributed by atoms with Crippen molar-refractivity contribution in [3.8, 4) is 0 Å². The van der Waals surface area contributed by atoms with Crippen LogP contribution < -0.4 is 5.73 Å². The summed E-state index contributed by atoms with van der Waals surface area (Å²) >= 11 is 1.32. The Kier molecular flexibility index (Phi) is 9.77. The van der Waals surface area contributed by atoms with Gasteiger partial charge in [-0.2, -0.15) is 0 Å². The summed E-state index contributed by atoms with van der Waals surface area (Å²) in [4.78, 5) is 24.1. The maximum atomic E-state index is 12.0. The molecule has 0 fully saturated rings. The number of ether oxygens (including phenoxy) is 1. The highest BCUT2D eigenvalue weighted by atomic mass is 32.2. The lowest BCUT2D eigenvalue weighted by atomic mass is 9.95. The van der Waals surface area contributed by atoms with E-state index >= 15 is 0 Å². The molecule has 0 saturated heterocycles. The highest BCUT2D eigenvalue weighted by molar-refractivity contribution is 8.15. The minimum Gasteiger partial charge on any atom is -0.480 e. The maximum Gasteiger partial charge on any atom is 0.261 e. The normalized spacial score (nSPS) is 22.2. The van der Waals surface area contributed by atoms with Gasteiger partial charge in [-0.15, -0.1) is 0 Å². The molecule has 1 aliphatic heterocycles. The molecule has 150 valence electrons. The number of thioether (sulfide) groups is 1. The van der Waals surface area contributed by atoms with E-state index < -0.39 is 11.5 Å². The molecule has 0 bridgehead atoms. The van der Waals surface area contributed by atoms with Gasteiger partial charge in [0, 0.05) is 6.08 Å². The highest BCUT2D eigenvalue weighted by Crippen LogP contribution is 2.46. The number of nitrogens with two attached hydrogens (primary N) is 1. The molecule has 0 aliphatic carbocycles. The summed E-state index contributed by atoms with van der Waals surface area (Å²) in [5.41, 5.74) is 4.59. The van der Waals surface area contributed by atoms with Gasteiger partial charge in [-0.3, -0.25) is 9.59 Å². The molecular formula is C21H37NO3S. The number of unbranched alkanes of at least 4 members (excludes halogenated alkanes) is 7. The molecule has 1 heterocycles. The van der Waals surface area contributed by atoms with Crippen LogP contribution in [0.2, 0.25) is 0 Å². The van der Waals surface area contributed by atoms with Crippen molar-refractivity contribution in [1.29, 1.82) is 0 Å².